The standard InChI is InChI=1S/C18H24N4O3/c1-19-16(23)15-4-2-3-11-22(15)17(24)12-5-7-13(8-6-12)20-18(25)21-14-9-10-14/h5-8,14-15H,2-4,9-11H2,1H3,(H,19,23)(H2,20,21,25)/t15-/m0/s1. The average molecular weight is 344 g/mol. The molecule has 0 spiro atoms. The van der Waals surface area contributed by atoms with E-state index in [2.05, 4.69) is 16.0 Å². The summed E-state index contributed by atoms with van der Waals surface area (Å²) < 4.78 is 0. The van der Waals surface area contributed by atoms with E-state index >= 15 is 0 Å². The topological polar surface area (TPSA) is 90.5 Å². The van der Waals surface area contributed by atoms with E-state index in [-0.39, 0.29) is 17.8 Å². The van der Waals surface area contributed by atoms with Crippen LogP contribution in [0, 0.1) is 0 Å². The number of hydrogen-bond donors (Lipinski definition) is 3. The van der Waals surface area contributed by atoms with Crippen molar-refractivity contribution in [3.8, 4) is 0 Å². The lowest BCUT2D eigenvalue weighted by Gasteiger charge is -2.34. The lowest BCUT2D eigenvalue weighted by molar-refractivity contribution is -0.126. The molecule has 0 unspecified atom stereocenters. The molecular weight excluding hydrogens is 320 g/mol. The summed E-state index contributed by atoms with van der Waals surface area (Å²) in [5, 5.41) is 8.24. The molecule has 1 aliphatic heterocycles. The second kappa shape index (κ2) is 7.55. The fourth-order valence-corrected chi connectivity index (χ4v) is 3.06. The molecule has 3 rings (SSSR count). The lowest BCUT2D eigenvalue weighted by Crippen LogP contribution is -2.51. The molecule has 3 N–H and O–H groups in total. The number of likely N-dealkylation sites (tertiary alicyclic amines) is 1. The van der Waals surface area contributed by atoms with Crippen molar-refractivity contribution in [2.45, 2.75) is 44.2 Å². The van der Waals surface area contributed by atoms with Crippen LogP contribution in [0.3, 0.4) is 0 Å². The number of carbonyl (C=O) groups excluding carboxylic acids is 3. The fraction of sp³-hybridized carbons (Fsp3) is 0.500. The van der Waals surface area contributed by atoms with Crippen molar-refractivity contribution in [2.24, 2.45) is 0 Å². The number of carbonyl (C=O) groups is 3. The molecule has 7 heteroatoms. The average Bonchev–Trinajstić information content (AvgIpc) is 3.45. The van der Waals surface area contributed by atoms with Crippen molar-refractivity contribution in [2.75, 3.05) is 18.9 Å². The van der Waals surface area contributed by atoms with Crippen LogP contribution in [0.15, 0.2) is 24.3 Å². The monoisotopic (exact) mass is 344 g/mol. The number of benzene rings is 1. The van der Waals surface area contributed by atoms with E-state index < -0.39 is 6.04 Å². The van der Waals surface area contributed by atoms with Crippen LogP contribution in [0.25, 0.3) is 0 Å². The Balaban J connectivity index is 1.64. The lowest BCUT2D eigenvalue weighted by atomic mass is 10.00. The molecule has 1 heterocycles. The maximum atomic E-state index is 12.8. The number of urea groups is 1. The van der Waals surface area contributed by atoms with Crippen molar-refractivity contribution in [3.63, 3.8) is 0 Å². The maximum Gasteiger partial charge on any atom is 0.319 e. The summed E-state index contributed by atoms with van der Waals surface area (Å²) in [6.45, 7) is 0.584. The zero-order valence-corrected chi connectivity index (χ0v) is 14.4. The molecule has 1 saturated heterocycles. The van der Waals surface area contributed by atoms with Crippen LogP contribution in [0.5, 0.6) is 0 Å². The third-order valence-electron chi connectivity index (χ3n) is 4.61. The van der Waals surface area contributed by atoms with E-state index in [9.17, 15) is 14.4 Å². The van der Waals surface area contributed by atoms with Gasteiger partial charge in [0.05, 0.1) is 0 Å². The first kappa shape index (κ1) is 17.3. The van der Waals surface area contributed by atoms with E-state index in [1.54, 1.807) is 36.2 Å². The van der Waals surface area contributed by atoms with Gasteiger partial charge in [-0.05, 0) is 56.4 Å². The molecule has 1 aromatic carbocycles. The Morgan fingerprint density at radius 2 is 1.76 bits per heavy atom. The summed E-state index contributed by atoms with van der Waals surface area (Å²) in [7, 11) is 1.59. The van der Waals surface area contributed by atoms with Crippen molar-refractivity contribution < 1.29 is 14.4 Å². The van der Waals surface area contributed by atoms with Gasteiger partial charge < -0.3 is 20.9 Å². The number of nitrogens with one attached hydrogen (secondary N) is 3. The summed E-state index contributed by atoms with van der Waals surface area (Å²) in [5.74, 6) is -0.273. The largest absolute Gasteiger partial charge is 0.357 e. The third-order valence-corrected chi connectivity index (χ3v) is 4.61. The summed E-state index contributed by atoms with van der Waals surface area (Å²) in [6.07, 6.45) is 4.60. The molecule has 2 aliphatic rings. The Kier molecular flexibility index (Phi) is 5.21. The molecule has 0 bridgehead atoms. The number of anilines is 1. The Morgan fingerprint density at radius 3 is 2.40 bits per heavy atom. The van der Waals surface area contributed by atoms with Gasteiger partial charge in [0.15, 0.2) is 0 Å². The van der Waals surface area contributed by atoms with Crippen LogP contribution in [-0.2, 0) is 4.79 Å². The van der Waals surface area contributed by atoms with Gasteiger partial charge in [0, 0.05) is 30.9 Å². The number of rotatable bonds is 4. The summed E-state index contributed by atoms with van der Waals surface area (Å²) in [4.78, 5) is 38.2. The van der Waals surface area contributed by atoms with Gasteiger partial charge in [-0.15, -0.1) is 0 Å². The van der Waals surface area contributed by atoms with E-state index in [1.807, 2.05) is 0 Å². The van der Waals surface area contributed by atoms with Gasteiger partial charge in [-0.2, -0.15) is 0 Å². The molecule has 2 fully saturated rings. The first-order valence-electron chi connectivity index (χ1n) is 8.78. The van der Waals surface area contributed by atoms with Crippen molar-refractivity contribution in [1.29, 1.82) is 0 Å². The van der Waals surface area contributed by atoms with Gasteiger partial charge >= 0.3 is 6.03 Å². The number of likely N-dealkylation sites (N-methyl/N-ethyl adjacent to an activating group) is 1. The zero-order chi connectivity index (χ0) is 17.8. The Morgan fingerprint density at radius 1 is 1.04 bits per heavy atom. The molecular formula is C18H24N4O3. The summed E-state index contributed by atoms with van der Waals surface area (Å²) in [5.41, 5.74) is 1.15. The second-order valence-corrected chi connectivity index (χ2v) is 6.57. The van der Waals surface area contributed by atoms with Crippen LogP contribution in [-0.4, -0.2) is 48.4 Å². The molecule has 1 aromatic rings. The minimum Gasteiger partial charge on any atom is -0.357 e. The highest BCUT2D eigenvalue weighted by molar-refractivity contribution is 5.98. The maximum absolute atomic E-state index is 12.8. The van der Waals surface area contributed by atoms with Gasteiger partial charge in [0.25, 0.3) is 5.91 Å². The summed E-state index contributed by atoms with van der Waals surface area (Å²) in [6, 6.07) is 6.44. The highest BCUT2D eigenvalue weighted by atomic mass is 16.2. The molecule has 1 saturated carbocycles. The van der Waals surface area contributed by atoms with Gasteiger partial charge in [-0.1, -0.05) is 0 Å². The highest BCUT2D eigenvalue weighted by Gasteiger charge is 2.32. The highest BCUT2D eigenvalue weighted by Crippen LogP contribution is 2.21. The Labute approximate surface area is 147 Å². The quantitative estimate of drug-likeness (QED) is 0.777. The predicted molar refractivity (Wildman–Crippen MR) is 94.4 cm³/mol. The van der Waals surface area contributed by atoms with Crippen LogP contribution >= 0.6 is 0 Å². The van der Waals surface area contributed by atoms with E-state index in [0.717, 1.165) is 25.7 Å². The number of piperidine rings is 1. The number of amides is 4. The van der Waals surface area contributed by atoms with Gasteiger partial charge in [0.2, 0.25) is 5.91 Å². The zero-order valence-electron chi connectivity index (χ0n) is 14.4. The van der Waals surface area contributed by atoms with Gasteiger partial charge in [-0.25, -0.2) is 4.79 Å². The molecule has 0 radical (unpaired) electrons. The minimum atomic E-state index is -0.409. The van der Waals surface area contributed by atoms with E-state index in [4.69, 9.17) is 0 Å². The van der Waals surface area contributed by atoms with Crippen LogP contribution in [0.4, 0.5) is 10.5 Å². The summed E-state index contributed by atoms with van der Waals surface area (Å²) >= 11 is 0. The smallest absolute Gasteiger partial charge is 0.319 e. The van der Waals surface area contributed by atoms with Crippen molar-refractivity contribution in [3.05, 3.63) is 29.8 Å². The molecule has 1 aliphatic carbocycles. The molecule has 7 nitrogen and oxygen atoms in total. The van der Waals surface area contributed by atoms with Crippen molar-refractivity contribution in [1.82, 2.24) is 15.5 Å². The van der Waals surface area contributed by atoms with Crippen molar-refractivity contribution >= 4 is 23.5 Å². The molecule has 4 amide bonds. The Bertz CT molecular complexity index is 655. The third kappa shape index (κ3) is 4.29. The first-order valence-corrected chi connectivity index (χ1v) is 8.78. The predicted octanol–water partition coefficient (Wildman–Crippen LogP) is 1.71. The molecule has 134 valence electrons. The van der Waals surface area contributed by atoms with Crippen LogP contribution in [0.1, 0.15) is 42.5 Å². The molecule has 0 aromatic heterocycles. The minimum absolute atomic E-state index is 0.122. The van der Waals surface area contributed by atoms with Crippen LogP contribution in [0.2, 0.25) is 0 Å². The second-order valence-electron chi connectivity index (χ2n) is 6.57. The first-order chi connectivity index (χ1) is 12.1. The van der Waals surface area contributed by atoms with E-state index in [1.165, 1.54) is 0 Å². The molecule has 25 heavy (non-hydrogen) atoms. The Hall–Kier alpha value is -2.57. The molecule has 1 atom stereocenters. The van der Waals surface area contributed by atoms with E-state index in [0.29, 0.717) is 30.3 Å². The van der Waals surface area contributed by atoms with Gasteiger partial charge in [0.1, 0.15) is 6.04 Å². The fourth-order valence-electron chi connectivity index (χ4n) is 3.06. The number of hydrogen-bond acceptors (Lipinski definition) is 3. The normalized spacial score (nSPS) is 19.9. The van der Waals surface area contributed by atoms with Crippen LogP contribution < -0.4 is 16.0 Å². The SMILES string of the molecule is CNC(=O)[C@@H]1CCCCN1C(=O)c1ccc(NC(=O)NC2CC2)cc1. The van der Waals surface area contributed by atoms with Gasteiger partial charge in [-0.3, -0.25) is 9.59 Å². The number of nitrogens with zero attached hydrogens (tertiary/aromatic N) is 1.